The number of amides is 2. The maximum atomic E-state index is 13.4. The van der Waals surface area contributed by atoms with Gasteiger partial charge in [0.2, 0.25) is 0 Å². The number of hydrogen-bond donors (Lipinski definition) is 0. The Morgan fingerprint density at radius 1 is 0.929 bits per heavy atom. The van der Waals surface area contributed by atoms with Gasteiger partial charge in [-0.15, -0.1) is 0 Å². The second-order valence-corrected chi connectivity index (χ2v) is 7.72. The van der Waals surface area contributed by atoms with Crippen molar-refractivity contribution in [2.75, 3.05) is 18.0 Å². The van der Waals surface area contributed by atoms with E-state index in [4.69, 9.17) is 0 Å². The molecule has 1 aliphatic heterocycles. The molecule has 28 heavy (non-hydrogen) atoms. The minimum absolute atomic E-state index is 0.202. The summed E-state index contributed by atoms with van der Waals surface area (Å²) >= 11 is 0. The molecule has 2 amide bonds. The van der Waals surface area contributed by atoms with Crippen molar-refractivity contribution < 1.29 is 9.59 Å². The zero-order chi connectivity index (χ0) is 20.4. The molecule has 4 heteroatoms. The molecular weight excluding hydrogens is 348 g/mol. The maximum Gasteiger partial charge on any atom is 0.278 e. The van der Waals surface area contributed by atoms with Gasteiger partial charge in [-0.05, 0) is 55.5 Å². The van der Waals surface area contributed by atoms with Crippen molar-refractivity contribution in [2.24, 2.45) is 5.92 Å². The van der Waals surface area contributed by atoms with Crippen LogP contribution in [0.3, 0.4) is 0 Å². The second-order valence-electron chi connectivity index (χ2n) is 7.72. The Hall–Kier alpha value is -2.88. The lowest BCUT2D eigenvalue weighted by Crippen LogP contribution is -2.37. The number of aryl methyl sites for hydroxylation is 2. The summed E-state index contributed by atoms with van der Waals surface area (Å²) in [7, 11) is 0. The molecule has 1 aliphatic rings. The minimum Gasteiger partial charge on any atom is -0.337 e. The zero-order valence-electron chi connectivity index (χ0n) is 17.3. The van der Waals surface area contributed by atoms with Crippen molar-refractivity contribution in [3.63, 3.8) is 0 Å². The SMILES string of the molecule is CCN(C1=C(c2ccc(C)c(C)c2)C(=O)N(CC(C)C)C1=O)c1ccccc1. The Bertz CT molecular complexity index is 929. The van der Waals surface area contributed by atoms with E-state index < -0.39 is 0 Å². The number of rotatable bonds is 6. The summed E-state index contributed by atoms with van der Waals surface area (Å²) in [6.45, 7) is 11.1. The van der Waals surface area contributed by atoms with Gasteiger partial charge in [0.25, 0.3) is 11.8 Å². The van der Waals surface area contributed by atoms with E-state index in [-0.39, 0.29) is 17.7 Å². The Morgan fingerprint density at radius 3 is 2.18 bits per heavy atom. The highest BCUT2D eigenvalue weighted by Gasteiger charge is 2.41. The predicted octanol–water partition coefficient (Wildman–Crippen LogP) is 4.57. The van der Waals surface area contributed by atoms with E-state index in [1.54, 1.807) is 0 Å². The molecule has 146 valence electrons. The lowest BCUT2D eigenvalue weighted by atomic mass is 9.99. The molecule has 1 heterocycles. The van der Waals surface area contributed by atoms with Gasteiger partial charge in [-0.25, -0.2) is 0 Å². The highest BCUT2D eigenvalue weighted by Crippen LogP contribution is 2.35. The van der Waals surface area contributed by atoms with Crippen LogP contribution < -0.4 is 4.90 Å². The van der Waals surface area contributed by atoms with Gasteiger partial charge in [-0.2, -0.15) is 0 Å². The Labute approximate surface area is 167 Å². The second kappa shape index (κ2) is 8.01. The van der Waals surface area contributed by atoms with Crippen LogP contribution in [0.15, 0.2) is 54.2 Å². The Kier molecular flexibility index (Phi) is 5.68. The van der Waals surface area contributed by atoms with Crippen molar-refractivity contribution in [3.05, 3.63) is 70.9 Å². The van der Waals surface area contributed by atoms with Gasteiger partial charge in [0.15, 0.2) is 0 Å². The molecule has 0 atom stereocenters. The van der Waals surface area contributed by atoms with Crippen LogP contribution in [0.2, 0.25) is 0 Å². The molecular formula is C24H28N2O2. The number of para-hydroxylation sites is 1. The maximum absolute atomic E-state index is 13.4. The van der Waals surface area contributed by atoms with Gasteiger partial charge in [0, 0.05) is 18.8 Å². The summed E-state index contributed by atoms with van der Waals surface area (Å²) in [5, 5.41) is 0. The van der Waals surface area contributed by atoms with Crippen molar-refractivity contribution in [2.45, 2.75) is 34.6 Å². The molecule has 2 aromatic carbocycles. The number of carbonyl (C=O) groups is 2. The van der Waals surface area contributed by atoms with Gasteiger partial charge < -0.3 is 4.90 Å². The summed E-state index contributed by atoms with van der Waals surface area (Å²) in [4.78, 5) is 30.0. The van der Waals surface area contributed by atoms with Gasteiger partial charge in [0.05, 0.1) is 5.57 Å². The highest BCUT2D eigenvalue weighted by atomic mass is 16.2. The van der Waals surface area contributed by atoms with Gasteiger partial charge >= 0.3 is 0 Å². The van der Waals surface area contributed by atoms with Gasteiger partial charge in [0.1, 0.15) is 5.70 Å². The first kappa shape index (κ1) is 19.9. The summed E-state index contributed by atoms with van der Waals surface area (Å²) in [5.74, 6) is -0.205. The molecule has 0 spiro atoms. The quantitative estimate of drug-likeness (QED) is 0.694. The molecule has 0 N–H and O–H groups in total. The fraction of sp³-hybridized carbons (Fsp3) is 0.333. The van der Waals surface area contributed by atoms with Crippen LogP contribution in [-0.2, 0) is 9.59 Å². The smallest absolute Gasteiger partial charge is 0.278 e. The lowest BCUT2D eigenvalue weighted by molar-refractivity contribution is -0.137. The molecule has 0 saturated heterocycles. The van der Waals surface area contributed by atoms with Crippen molar-refractivity contribution in [1.29, 1.82) is 0 Å². The summed E-state index contributed by atoms with van der Waals surface area (Å²) in [6.07, 6.45) is 0. The molecule has 0 unspecified atom stereocenters. The van der Waals surface area contributed by atoms with Crippen LogP contribution in [0.1, 0.15) is 37.5 Å². The highest BCUT2D eigenvalue weighted by molar-refractivity contribution is 6.36. The average Bonchev–Trinajstić information content (AvgIpc) is 2.90. The summed E-state index contributed by atoms with van der Waals surface area (Å²) in [6, 6.07) is 15.7. The number of imide groups is 1. The first-order valence-corrected chi connectivity index (χ1v) is 9.85. The third kappa shape index (κ3) is 3.59. The normalized spacial score (nSPS) is 14.4. The van der Waals surface area contributed by atoms with Crippen LogP contribution >= 0.6 is 0 Å². The van der Waals surface area contributed by atoms with E-state index in [9.17, 15) is 9.59 Å². The van der Waals surface area contributed by atoms with Gasteiger partial charge in [-0.1, -0.05) is 50.2 Å². The van der Waals surface area contributed by atoms with Crippen molar-refractivity contribution >= 4 is 23.1 Å². The molecule has 0 aromatic heterocycles. The third-order valence-corrected chi connectivity index (χ3v) is 5.14. The standard InChI is InChI=1S/C24H28N2O2/c1-6-25(20-10-8-7-9-11-20)22-21(19-13-12-17(4)18(5)14-19)23(27)26(24(22)28)15-16(2)3/h7-14,16H,6,15H2,1-5H3. The van der Waals surface area contributed by atoms with E-state index in [0.29, 0.717) is 24.4 Å². The van der Waals surface area contributed by atoms with Crippen molar-refractivity contribution in [1.82, 2.24) is 4.90 Å². The van der Waals surface area contributed by atoms with E-state index >= 15 is 0 Å². The molecule has 2 aromatic rings. The van der Waals surface area contributed by atoms with Crippen LogP contribution in [0, 0.1) is 19.8 Å². The molecule has 0 fully saturated rings. The van der Waals surface area contributed by atoms with E-state index in [2.05, 4.69) is 0 Å². The number of likely N-dealkylation sites (N-methyl/N-ethyl adjacent to an activating group) is 1. The van der Waals surface area contributed by atoms with E-state index in [0.717, 1.165) is 22.4 Å². The lowest BCUT2D eigenvalue weighted by Gasteiger charge is -2.25. The van der Waals surface area contributed by atoms with E-state index in [1.165, 1.54) is 4.90 Å². The van der Waals surface area contributed by atoms with Crippen LogP contribution in [0.5, 0.6) is 0 Å². The number of benzene rings is 2. The molecule has 0 saturated carbocycles. The molecule has 0 radical (unpaired) electrons. The molecule has 3 rings (SSSR count). The predicted molar refractivity (Wildman–Crippen MR) is 114 cm³/mol. The monoisotopic (exact) mass is 376 g/mol. The topological polar surface area (TPSA) is 40.6 Å². The summed E-state index contributed by atoms with van der Waals surface area (Å²) < 4.78 is 0. The largest absolute Gasteiger partial charge is 0.337 e. The average molecular weight is 377 g/mol. The number of anilines is 1. The fourth-order valence-electron chi connectivity index (χ4n) is 3.58. The van der Waals surface area contributed by atoms with Crippen molar-refractivity contribution in [3.8, 4) is 0 Å². The first-order valence-electron chi connectivity index (χ1n) is 9.85. The third-order valence-electron chi connectivity index (χ3n) is 5.14. The molecule has 0 aliphatic carbocycles. The zero-order valence-corrected chi connectivity index (χ0v) is 17.3. The van der Waals surface area contributed by atoms with Crippen LogP contribution in [0.25, 0.3) is 5.57 Å². The molecule has 0 bridgehead atoms. The van der Waals surface area contributed by atoms with E-state index in [1.807, 2.05) is 88.0 Å². The fourth-order valence-corrected chi connectivity index (χ4v) is 3.58. The van der Waals surface area contributed by atoms with Gasteiger partial charge in [-0.3, -0.25) is 14.5 Å². The summed E-state index contributed by atoms with van der Waals surface area (Å²) in [5.41, 5.74) is 4.96. The first-order chi connectivity index (χ1) is 13.3. The van der Waals surface area contributed by atoms with Crippen LogP contribution in [0.4, 0.5) is 5.69 Å². The number of hydrogen-bond acceptors (Lipinski definition) is 3. The van der Waals surface area contributed by atoms with Crippen LogP contribution in [-0.4, -0.2) is 29.8 Å². The minimum atomic E-state index is -0.211. The Morgan fingerprint density at radius 2 is 1.61 bits per heavy atom. The molecule has 4 nitrogen and oxygen atoms in total. The Balaban J connectivity index is 2.20. The number of nitrogens with zero attached hydrogens (tertiary/aromatic N) is 2. The number of carbonyl (C=O) groups excluding carboxylic acids is 2.